The molecule has 1 fully saturated rings. The minimum Gasteiger partial charge on any atom is -0.495 e. The molecule has 1 saturated heterocycles. The maximum Gasteiger partial charge on any atom is 0.224 e. The summed E-state index contributed by atoms with van der Waals surface area (Å²) in [5.41, 5.74) is 0.546. The van der Waals surface area contributed by atoms with Gasteiger partial charge in [-0.2, -0.15) is 0 Å². The van der Waals surface area contributed by atoms with E-state index in [9.17, 15) is 9.59 Å². The molecule has 1 heterocycles. The van der Waals surface area contributed by atoms with E-state index in [0.29, 0.717) is 22.2 Å². The van der Waals surface area contributed by atoms with Crippen LogP contribution in [0.25, 0.3) is 0 Å². The highest BCUT2D eigenvalue weighted by Gasteiger charge is 2.22. The molecule has 0 unspecified atom stereocenters. The number of nitrogens with zero attached hydrogens (tertiary/aromatic N) is 2. The minimum atomic E-state index is -0.170. The summed E-state index contributed by atoms with van der Waals surface area (Å²) < 4.78 is 10.6. The second-order valence-corrected chi connectivity index (χ2v) is 6.78. The molecule has 0 saturated carbocycles. The maximum atomic E-state index is 12.6. The quantitative estimate of drug-likeness (QED) is 0.755. The zero-order valence-corrected chi connectivity index (χ0v) is 16.5. The monoisotopic (exact) mass is 382 g/mol. The van der Waals surface area contributed by atoms with Crippen LogP contribution < -0.4 is 14.4 Å². The van der Waals surface area contributed by atoms with E-state index in [1.54, 1.807) is 12.1 Å². The van der Waals surface area contributed by atoms with Gasteiger partial charge in [0.2, 0.25) is 11.8 Å². The molecule has 6 nitrogen and oxygen atoms in total. The van der Waals surface area contributed by atoms with Crippen LogP contribution in [0.3, 0.4) is 0 Å². The third-order valence-corrected chi connectivity index (χ3v) is 4.93. The predicted octanol–water partition coefficient (Wildman–Crippen LogP) is 3.50. The molecule has 7 heteroatoms. The van der Waals surface area contributed by atoms with Crippen molar-refractivity contribution < 1.29 is 19.1 Å². The smallest absolute Gasteiger partial charge is 0.224 e. The fraction of sp³-hybridized carbons (Fsp3) is 0.579. The molecule has 0 radical (unpaired) electrons. The summed E-state index contributed by atoms with van der Waals surface area (Å²) in [5.74, 6) is 0.829. The molecule has 0 bridgehead atoms. The molecule has 2 amide bonds. The molecule has 144 valence electrons. The van der Waals surface area contributed by atoms with Crippen molar-refractivity contribution in [3.8, 4) is 11.5 Å². The average molecular weight is 383 g/mol. The Morgan fingerprint density at radius 1 is 1.08 bits per heavy atom. The van der Waals surface area contributed by atoms with E-state index in [-0.39, 0.29) is 24.8 Å². The number of hydrogen-bond acceptors (Lipinski definition) is 4. The van der Waals surface area contributed by atoms with Gasteiger partial charge in [0, 0.05) is 45.1 Å². The maximum absolute atomic E-state index is 12.6. The van der Waals surface area contributed by atoms with Gasteiger partial charge in [0.05, 0.1) is 24.9 Å². The third-order valence-electron chi connectivity index (χ3n) is 4.63. The lowest BCUT2D eigenvalue weighted by Crippen LogP contribution is -2.37. The largest absolute Gasteiger partial charge is 0.495 e. The van der Waals surface area contributed by atoms with Crippen LogP contribution in [-0.2, 0) is 9.59 Å². The normalized spacial score (nSPS) is 14.5. The van der Waals surface area contributed by atoms with Gasteiger partial charge in [-0.3, -0.25) is 9.59 Å². The van der Waals surface area contributed by atoms with Crippen LogP contribution in [0, 0.1) is 0 Å². The van der Waals surface area contributed by atoms with E-state index < -0.39 is 0 Å². The minimum absolute atomic E-state index is 0.0815. The molecule has 2 rings (SSSR count). The van der Waals surface area contributed by atoms with Crippen molar-refractivity contribution in [2.45, 2.75) is 39.0 Å². The predicted molar refractivity (Wildman–Crippen MR) is 102 cm³/mol. The zero-order chi connectivity index (χ0) is 19.1. The lowest BCUT2D eigenvalue weighted by molar-refractivity contribution is -0.131. The SMILES string of the molecule is COc1cc(N(CCC(=O)N2CCCCCC2)C(C)=O)c(OC)cc1Cl. The highest BCUT2D eigenvalue weighted by Crippen LogP contribution is 2.38. The number of halogens is 1. The first-order valence-corrected chi connectivity index (χ1v) is 9.33. The van der Waals surface area contributed by atoms with Crippen LogP contribution in [0.5, 0.6) is 11.5 Å². The highest BCUT2D eigenvalue weighted by atomic mass is 35.5. The lowest BCUT2D eigenvalue weighted by Gasteiger charge is -2.26. The van der Waals surface area contributed by atoms with Gasteiger partial charge in [-0.05, 0) is 12.8 Å². The van der Waals surface area contributed by atoms with Crippen LogP contribution in [0.1, 0.15) is 39.0 Å². The van der Waals surface area contributed by atoms with Gasteiger partial charge >= 0.3 is 0 Å². The lowest BCUT2D eigenvalue weighted by atomic mass is 10.2. The first kappa shape index (κ1) is 20.4. The number of anilines is 1. The van der Waals surface area contributed by atoms with E-state index in [0.717, 1.165) is 25.9 Å². The molecule has 0 aliphatic carbocycles. The van der Waals surface area contributed by atoms with Gasteiger partial charge in [-0.1, -0.05) is 24.4 Å². The van der Waals surface area contributed by atoms with Gasteiger partial charge in [0.15, 0.2) is 0 Å². The molecule has 0 atom stereocenters. The summed E-state index contributed by atoms with van der Waals surface area (Å²) in [6.45, 7) is 3.36. The number of rotatable bonds is 6. The molecule has 0 spiro atoms. The second kappa shape index (κ2) is 9.67. The summed E-state index contributed by atoms with van der Waals surface area (Å²) in [7, 11) is 3.03. The van der Waals surface area contributed by atoms with Crippen LogP contribution in [0.2, 0.25) is 5.02 Å². The number of methoxy groups -OCH3 is 2. The first-order valence-electron chi connectivity index (χ1n) is 8.95. The Morgan fingerprint density at radius 2 is 1.69 bits per heavy atom. The highest BCUT2D eigenvalue weighted by molar-refractivity contribution is 6.32. The fourth-order valence-electron chi connectivity index (χ4n) is 3.19. The Labute approximate surface area is 160 Å². The van der Waals surface area contributed by atoms with Crippen LogP contribution >= 0.6 is 11.6 Å². The van der Waals surface area contributed by atoms with Gasteiger partial charge in [-0.15, -0.1) is 0 Å². The van der Waals surface area contributed by atoms with Crippen molar-refractivity contribution in [2.24, 2.45) is 0 Å². The number of likely N-dealkylation sites (tertiary alicyclic amines) is 1. The second-order valence-electron chi connectivity index (χ2n) is 6.37. The Hall–Kier alpha value is -1.95. The Kier molecular flexibility index (Phi) is 7.57. The molecule has 1 aliphatic rings. The first-order chi connectivity index (χ1) is 12.5. The van der Waals surface area contributed by atoms with Crippen molar-refractivity contribution in [1.82, 2.24) is 4.90 Å². The number of benzene rings is 1. The molecular weight excluding hydrogens is 356 g/mol. The summed E-state index contributed by atoms with van der Waals surface area (Å²) in [5, 5.41) is 0.400. The van der Waals surface area contributed by atoms with Crippen molar-refractivity contribution in [3.63, 3.8) is 0 Å². The number of hydrogen-bond donors (Lipinski definition) is 0. The number of ether oxygens (including phenoxy) is 2. The molecule has 0 aromatic heterocycles. The number of amides is 2. The molecule has 1 aromatic rings. The fourth-order valence-corrected chi connectivity index (χ4v) is 3.42. The summed E-state index contributed by atoms with van der Waals surface area (Å²) >= 11 is 6.14. The topological polar surface area (TPSA) is 59.1 Å². The Balaban J connectivity index is 2.16. The van der Waals surface area contributed by atoms with Crippen molar-refractivity contribution in [1.29, 1.82) is 0 Å². The summed E-state index contributed by atoms with van der Waals surface area (Å²) in [6.07, 6.45) is 4.71. The summed E-state index contributed by atoms with van der Waals surface area (Å²) in [4.78, 5) is 28.2. The van der Waals surface area contributed by atoms with Crippen molar-refractivity contribution in [2.75, 3.05) is 38.8 Å². The van der Waals surface area contributed by atoms with Crippen LogP contribution in [0.4, 0.5) is 5.69 Å². The van der Waals surface area contributed by atoms with E-state index in [4.69, 9.17) is 21.1 Å². The third kappa shape index (κ3) is 5.04. The molecule has 1 aromatic carbocycles. The average Bonchev–Trinajstić information content (AvgIpc) is 2.91. The van der Waals surface area contributed by atoms with E-state index >= 15 is 0 Å². The molecule has 1 aliphatic heterocycles. The van der Waals surface area contributed by atoms with Gasteiger partial charge in [-0.25, -0.2) is 0 Å². The van der Waals surface area contributed by atoms with Gasteiger partial charge < -0.3 is 19.3 Å². The summed E-state index contributed by atoms with van der Waals surface area (Å²) in [6, 6.07) is 3.28. The van der Waals surface area contributed by atoms with Gasteiger partial charge in [0.25, 0.3) is 0 Å². The molecule has 0 N–H and O–H groups in total. The van der Waals surface area contributed by atoms with Gasteiger partial charge in [0.1, 0.15) is 11.5 Å². The molecular formula is C19H27ClN2O4. The van der Waals surface area contributed by atoms with E-state index in [1.165, 1.54) is 38.9 Å². The Bertz CT molecular complexity index is 643. The zero-order valence-electron chi connectivity index (χ0n) is 15.7. The number of carbonyl (C=O) groups is 2. The van der Waals surface area contributed by atoms with Crippen molar-refractivity contribution >= 4 is 29.1 Å². The standard InChI is InChI=1S/C19H27ClN2O4/c1-14(23)22(11-8-19(24)21-9-6-4-5-7-10-21)16-13-17(25-2)15(20)12-18(16)26-3/h12-13H,4-11H2,1-3H3. The van der Waals surface area contributed by atoms with E-state index in [1.807, 2.05) is 4.90 Å². The number of carbonyl (C=O) groups excluding carboxylic acids is 2. The Morgan fingerprint density at radius 3 is 2.23 bits per heavy atom. The van der Waals surface area contributed by atoms with Crippen LogP contribution in [-0.4, -0.2) is 50.6 Å². The van der Waals surface area contributed by atoms with Crippen molar-refractivity contribution in [3.05, 3.63) is 17.2 Å². The van der Waals surface area contributed by atoms with E-state index in [2.05, 4.69) is 0 Å². The van der Waals surface area contributed by atoms with Crippen LogP contribution in [0.15, 0.2) is 12.1 Å². The molecule has 26 heavy (non-hydrogen) atoms.